The summed E-state index contributed by atoms with van der Waals surface area (Å²) in [6.07, 6.45) is 0.166. The monoisotopic (exact) mass is 255 g/mol. The molecule has 0 saturated heterocycles. The van der Waals surface area contributed by atoms with Crippen molar-refractivity contribution in [2.45, 2.75) is 40.3 Å². The minimum atomic E-state index is -0.485. The minimum absolute atomic E-state index is 0.166. The first-order valence-electron chi connectivity index (χ1n) is 6.08. The molecule has 0 amide bonds. The minimum Gasteiger partial charge on any atom is -0.461 e. The van der Waals surface area contributed by atoms with Gasteiger partial charge in [0.1, 0.15) is 11.6 Å². The Morgan fingerprint density at radius 1 is 1.50 bits per heavy atom. The number of hydrogen-bond acceptors (Lipinski definition) is 5. The first-order chi connectivity index (χ1) is 8.47. The van der Waals surface area contributed by atoms with E-state index in [0.717, 1.165) is 0 Å². The van der Waals surface area contributed by atoms with Crippen molar-refractivity contribution in [2.75, 3.05) is 18.9 Å². The highest BCUT2D eigenvalue weighted by Gasteiger charge is 2.19. The fourth-order valence-electron chi connectivity index (χ4n) is 1.59. The first-order valence-corrected chi connectivity index (χ1v) is 6.08. The number of carbonyl (C=O) groups is 1. The lowest BCUT2D eigenvalue weighted by Gasteiger charge is -2.10. The highest BCUT2D eigenvalue weighted by Crippen LogP contribution is 2.15. The summed E-state index contributed by atoms with van der Waals surface area (Å²) in [5.41, 5.74) is 6.08. The van der Waals surface area contributed by atoms with Gasteiger partial charge < -0.3 is 19.8 Å². The van der Waals surface area contributed by atoms with Crippen LogP contribution in [0.25, 0.3) is 0 Å². The van der Waals surface area contributed by atoms with E-state index in [1.165, 1.54) is 0 Å². The standard InChI is InChI=1S/C12H21N3O3/c1-5-17-12(16)10-11(13)15(9(4)14-10)6-7-18-8(2)3/h8H,5-7,13H2,1-4H3. The highest BCUT2D eigenvalue weighted by atomic mass is 16.5. The predicted molar refractivity (Wildman–Crippen MR) is 68.4 cm³/mol. The molecule has 0 unspecified atom stereocenters. The maximum atomic E-state index is 11.6. The van der Waals surface area contributed by atoms with Gasteiger partial charge in [0.05, 0.1) is 19.3 Å². The third kappa shape index (κ3) is 3.46. The molecule has 0 spiro atoms. The van der Waals surface area contributed by atoms with Crippen LogP contribution < -0.4 is 5.73 Å². The number of esters is 1. The molecule has 0 atom stereocenters. The van der Waals surface area contributed by atoms with E-state index in [-0.39, 0.29) is 11.8 Å². The Bertz CT molecular complexity index is 413. The van der Waals surface area contributed by atoms with Crippen LogP contribution in [-0.2, 0) is 16.0 Å². The van der Waals surface area contributed by atoms with Gasteiger partial charge in [-0.15, -0.1) is 0 Å². The average Bonchev–Trinajstić information content (AvgIpc) is 2.56. The Balaban J connectivity index is 2.77. The van der Waals surface area contributed by atoms with E-state index in [0.29, 0.717) is 31.4 Å². The van der Waals surface area contributed by atoms with Crippen molar-refractivity contribution >= 4 is 11.8 Å². The van der Waals surface area contributed by atoms with Crippen LogP contribution in [-0.4, -0.2) is 34.8 Å². The van der Waals surface area contributed by atoms with Gasteiger partial charge >= 0.3 is 5.97 Å². The highest BCUT2D eigenvalue weighted by molar-refractivity contribution is 5.92. The molecule has 102 valence electrons. The first kappa shape index (κ1) is 14.5. The van der Waals surface area contributed by atoms with E-state index in [9.17, 15) is 4.79 Å². The lowest BCUT2D eigenvalue weighted by atomic mass is 10.4. The lowest BCUT2D eigenvalue weighted by molar-refractivity contribution is 0.0520. The van der Waals surface area contributed by atoms with Gasteiger partial charge in [-0.05, 0) is 27.7 Å². The Hall–Kier alpha value is -1.56. The number of anilines is 1. The molecule has 0 bridgehead atoms. The molecule has 1 aromatic rings. The third-order valence-corrected chi connectivity index (χ3v) is 2.43. The van der Waals surface area contributed by atoms with Crippen LogP contribution in [0.1, 0.15) is 37.1 Å². The van der Waals surface area contributed by atoms with Crippen molar-refractivity contribution in [2.24, 2.45) is 0 Å². The van der Waals surface area contributed by atoms with Gasteiger partial charge in [0, 0.05) is 6.54 Å². The molecule has 1 rings (SSSR count). The van der Waals surface area contributed by atoms with Crippen molar-refractivity contribution in [3.63, 3.8) is 0 Å². The second-order valence-electron chi connectivity index (χ2n) is 4.18. The summed E-state index contributed by atoms with van der Waals surface area (Å²) in [4.78, 5) is 15.7. The number of aromatic nitrogens is 2. The molecule has 0 aliphatic carbocycles. The molecular formula is C12H21N3O3. The number of carbonyl (C=O) groups excluding carboxylic acids is 1. The molecule has 0 saturated carbocycles. The van der Waals surface area contributed by atoms with E-state index >= 15 is 0 Å². The molecule has 18 heavy (non-hydrogen) atoms. The number of ether oxygens (including phenoxy) is 2. The molecule has 0 aliphatic heterocycles. The largest absolute Gasteiger partial charge is 0.461 e. The van der Waals surface area contributed by atoms with Gasteiger partial charge in [0.15, 0.2) is 5.69 Å². The number of aryl methyl sites for hydroxylation is 1. The molecular weight excluding hydrogens is 234 g/mol. The van der Waals surface area contributed by atoms with Crippen molar-refractivity contribution < 1.29 is 14.3 Å². The number of nitrogens with zero attached hydrogens (tertiary/aromatic N) is 2. The van der Waals surface area contributed by atoms with Crippen LogP contribution in [0.2, 0.25) is 0 Å². The fourth-order valence-corrected chi connectivity index (χ4v) is 1.59. The Morgan fingerprint density at radius 2 is 2.17 bits per heavy atom. The molecule has 0 aliphatic rings. The average molecular weight is 255 g/mol. The Morgan fingerprint density at radius 3 is 2.72 bits per heavy atom. The van der Waals surface area contributed by atoms with Gasteiger partial charge in [0.2, 0.25) is 0 Å². The van der Waals surface area contributed by atoms with Gasteiger partial charge in [-0.2, -0.15) is 0 Å². The SMILES string of the molecule is CCOC(=O)c1nc(C)n(CCOC(C)C)c1N. The van der Waals surface area contributed by atoms with E-state index in [1.807, 2.05) is 13.8 Å². The summed E-state index contributed by atoms with van der Waals surface area (Å²) >= 11 is 0. The smallest absolute Gasteiger partial charge is 0.360 e. The summed E-state index contributed by atoms with van der Waals surface area (Å²) in [6.45, 7) is 8.88. The van der Waals surface area contributed by atoms with Gasteiger partial charge in [-0.3, -0.25) is 0 Å². The molecule has 1 heterocycles. The molecule has 6 nitrogen and oxygen atoms in total. The maximum Gasteiger partial charge on any atom is 0.360 e. The number of rotatable bonds is 6. The summed E-state index contributed by atoms with van der Waals surface area (Å²) in [7, 11) is 0. The van der Waals surface area contributed by atoms with Gasteiger partial charge in [0.25, 0.3) is 0 Å². The molecule has 0 radical (unpaired) electrons. The Labute approximate surface area is 107 Å². The number of nitrogens with two attached hydrogens (primary N) is 1. The molecule has 2 N–H and O–H groups in total. The normalized spacial score (nSPS) is 10.9. The zero-order valence-corrected chi connectivity index (χ0v) is 11.4. The van der Waals surface area contributed by atoms with Gasteiger partial charge in [-0.1, -0.05) is 0 Å². The van der Waals surface area contributed by atoms with Gasteiger partial charge in [-0.25, -0.2) is 9.78 Å². The van der Waals surface area contributed by atoms with E-state index in [1.54, 1.807) is 18.4 Å². The van der Waals surface area contributed by atoms with Crippen molar-refractivity contribution in [1.29, 1.82) is 0 Å². The summed E-state index contributed by atoms with van der Waals surface area (Å²) in [5.74, 6) is 0.530. The van der Waals surface area contributed by atoms with Crippen molar-refractivity contribution in [3.8, 4) is 0 Å². The number of nitrogen functional groups attached to an aromatic ring is 1. The Kier molecular flexibility index (Phi) is 5.15. The topological polar surface area (TPSA) is 79.4 Å². The van der Waals surface area contributed by atoms with E-state index < -0.39 is 5.97 Å². The second kappa shape index (κ2) is 6.39. The zero-order valence-electron chi connectivity index (χ0n) is 11.4. The maximum absolute atomic E-state index is 11.6. The molecule has 0 aromatic carbocycles. The molecule has 1 aromatic heterocycles. The van der Waals surface area contributed by atoms with E-state index in [4.69, 9.17) is 15.2 Å². The number of hydrogen-bond donors (Lipinski definition) is 1. The summed E-state index contributed by atoms with van der Waals surface area (Å²) < 4.78 is 12.1. The van der Waals surface area contributed by atoms with Crippen LogP contribution in [0.5, 0.6) is 0 Å². The summed E-state index contributed by atoms with van der Waals surface area (Å²) in [6, 6.07) is 0. The van der Waals surface area contributed by atoms with Crippen LogP contribution in [0.15, 0.2) is 0 Å². The third-order valence-electron chi connectivity index (χ3n) is 2.43. The van der Waals surface area contributed by atoms with Crippen LogP contribution >= 0.6 is 0 Å². The van der Waals surface area contributed by atoms with Crippen LogP contribution in [0, 0.1) is 6.92 Å². The number of imidazole rings is 1. The van der Waals surface area contributed by atoms with Crippen LogP contribution in [0.4, 0.5) is 5.82 Å². The zero-order chi connectivity index (χ0) is 13.7. The second-order valence-corrected chi connectivity index (χ2v) is 4.18. The molecule has 6 heteroatoms. The summed E-state index contributed by atoms with van der Waals surface area (Å²) in [5, 5.41) is 0. The van der Waals surface area contributed by atoms with Crippen LogP contribution in [0.3, 0.4) is 0 Å². The molecule has 0 fully saturated rings. The van der Waals surface area contributed by atoms with Crippen molar-refractivity contribution in [3.05, 3.63) is 11.5 Å². The lowest BCUT2D eigenvalue weighted by Crippen LogP contribution is -2.14. The van der Waals surface area contributed by atoms with E-state index in [2.05, 4.69) is 4.98 Å². The predicted octanol–water partition coefficient (Wildman–Crippen LogP) is 1.38. The van der Waals surface area contributed by atoms with Crippen molar-refractivity contribution in [1.82, 2.24) is 9.55 Å². The fraction of sp³-hybridized carbons (Fsp3) is 0.667. The quantitative estimate of drug-likeness (QED) is 0.777.